The molecular formula is C19H19NO4. The van der Waals surface area contributed by atoms with Gasteiger partial charge in [0.05, 0.1) is 18.6 Å². The van der Waals surface area contributed by atoms with E-state index in [-0.39, 0.29) is 13.0 Å². The topological polar surface area (TPSA) is 66.8 Å². The fourth-order valence-electron chi connectivity index (χ4n) is 2.88. The highest BCUT2D eigenvalue weighted by atomic mass is 16.6. The van der Waals surface area contributed by atoms with Crippen LogP contribution < -0.4 is 0 Å². The van der Waals surface area contributed by atoms with Crippen molar-refractivity contribution in [3.8, 4) is 0 Å². The molecule has 24 heavy (non-hydrogen) atoms. The van der Waals surface area contributed by atoms with E-state index >= 15 is 0 Å². The van der Waals surface area contributed by atoms with Crippen LogP contribution >= 0.6 is 0 Å². The molecule has 1 fully saturated rings. The standard InChI is InChI=1S/C19H19NO4/c21-17-12-18(22)20(16(17)11-14-7-3-1-4-8-14)19(23)24-13-15-9-5-2-6-10-15/h1-10,16-17,21H,11-13H2/t16-,17-/m0/s1. The zero-order chi connectivity index (χ0) is 16.9. The first-order valence-corrected chi connectivity index (χ1v) is 7.90. The molecule has 0 saturated carbocycles. The van der Waals surface area contributed by atoms with Crippen LogP contribution in [0.4, 0.5) is 4.79 Å². The number of hydrogen-bond acceptors (Lipinski definition) is 4. The summed E-state index contributed by atoms with van der Waals surface area (Å²) in [6.07, 6.45) is -1.23. The summed E-state index contributed by atoms with van der Waals surface area (Å²) in [7, 11) is 0. The lowest BCUT2D eigenvalue weighted by molar-refractivity contribution is -0.127. The number of hydrogen-bond donors (Lipinski definition) is 1. The van der Waals surface area contributed by atoms with Crippen molar-refractivity contribution in [3.63, 3.8) is 0 Å². The van der Waals surface area contributed by atoms with Crippen molar-refractivity contribution in [1.82, 2.24) is 4.90 Å². The Balaban J connectivity index is 1.69. The van der Waals surface area contributed by atoms with Crippen molar-refractivity contribution in [2.75, 3.05) is 0 Å². The number of carbonyl (C=O) groups excluding carboxylic acids is 2. The molecule has 1 aliphatic rings. The average molecular weight is 325 g/mol. The van der Waals surface area contributed by atoms with Gasteiger partial charge in [-0.2, -0.15) is 0 Å². The second-order valence-electron chi connectivity index (χ2n) is 5.83. The van der Waals surface area contributed by atoms with Gasteiger partial charge in [-0.25, -0.2) is 9.69 Å². The molecule has 3 rings (SSSR count). The van der Waals surface area contributed by atoms with E-state index in [0.29, 0.717) is 6.42 Å². The van der Waals surface area contributed by atoms with Gasteiger partial charge < -0.3 is 9.84 Å². The third kappa shape index (κ3) is 3.63. The number of rotatable bonds is 4. The maximum atomic E-state index is 12.3. The van der Waals surface area contributed by atoms with Gasteiger partial charge in [0, 0.05) is 0 Å². The molecule has 2 amide bonds. The van der Waals surface area contributed by atoms with E-state index in [4.69, 9.17) is 4.74 Å². The maximum absolute atomic E-state index is 12.3. The summed E-state index contributed by atoms with van der Waals surface area (Å²) < 4.78 is 5.25. The fraction of sp³-hybridized carbons (Fsp3) is 0.263. The minimum absolute atomic E-state index is 0.0576. The van der Waals surface area contributed by atoms with Crippen LogP contribution in [-0.4, -0.2) is 34.2 Å². The molecule has 1 N–H and O–H groups in total. The maximum Gasteiger partial charge on any atom is 0.417 e. The predicted octanol–water partition coefficient (Wildman–Crippen LogP) is 2.53. The molecule has 2 aromatic carbocycles. The highest BCUT2D eigenvalue weighted by molar-refractivity contribution is 5.94. The molecule has 0 aliphatic carbocycles. The number of ether oxygens (including phenoxy) is 1. The molecule has 2 aromatic rings. The Labute approximate surface area is 140 Å². The number of likely N-dealkylation sites (tertiary alicyclic amines) is 1. The van der Waals surface area contributed by atoms with Crippen molar-refractivity contribution in [3.05, 3.63) is 71.8 Å². The van der Waals surface area contributed by atoms with Gasteiger partial charge in [0.2, 0.25) is 5.91 Å². The molecule has 124 valence electrons. The number of aliphatic hydroxyl groups is 1. The Bertz CT molecular complexity index is 702. The van der Waals surface area contributed by atoms with E-state index in [9.17, 15) is 14.7 Å². The summed E-state index contributed by atoms with van der Waals surface area (Å²) in [6, 6.07) is 18.2. The second-order valence-corrected chi connectivity index (χ2v) is 5.83. The van der Waals surface area contributed by atoms with Gasteiger partial charge in [-0.15, -0.1) is 0 Å². The van der Waals surface area contributed by atoms with Gasteiger partial charge >= 0.3 is 6.09 Å². The van der Waals surface area contributed by atoms with Crippen LogP contribution in [0.3, 0.4) is 0 Å². The molecule has 1 heterocycles. The van der Waals surface area contributed by atoms with E-state index in [1.165, 1.54) is 0 Å². The van der Waals surface area contributed by atoms with Gasteiger partial charge in [0.1, 0.15) is 6.61 Å². The predicted molar refractivity (Wildman–Crippen MR) is 88.0 cm³/mol. The minimum Gasteiger partial charge on any atom is -0.444 e. The minimum atomic E-state index is -0.873. The lowest BCUT2D eigenvalue weighted by atomic mass is 10.0. The summed E-state index contributed by atoms with van der Waals surface area (Å²) in [6.45, 7) is 0.0948. The first-order chi connectivity index (χ1) is 11.6. The summed E-state index contributed by atoms with van der Waals surface area (Å²) >= 11 is 0. The number of carbonyl (C=O) groups is 2. The van der Waals surface area contributed by atoms with Gasteiger partial charge in [-0.3, -0.25) is 4.79 Å². The quantitative estimate of drug-likeness (QED) is 0.938. The third-order valence-electron chi connectivity index (χ3n) is 4.12. The van der Waals surface area contributed by atoms with Crippen LogP contribution in [0.1, 0.15) is 17.5 Å². The van der Waals surface area contributed by atoms with Gasteiger partial charge in [-0.05, 0) is 17.5 Å². The summed E-state index contributed by atoms with van der Waals surface area (Å²) in [4.78, 5) is 25.5. The summed E-state index contributed by atoms with van der Waals surface area (Å²) in [5.41, 5.74) is 1.80. The van der Waals surface area contributed by atoms with Gasteiger partial charge in [0.25, 0.3) is 0 Å². The highest BCUT2D eigenvalue weighted by Crippen LogP contribution is 2.24. The van der Waals surface area contributed by atoms with Crippen molar-refractivity contribution < 1.29 is 19.4 Å². The number of nitrogens with zero attached hydrogens (tertiary/aromatic N) is 1. The number of imide groups is 1. The fourth-order valence-corrected chi connectivity index (χ4v) is 2.88. The SMILES string of the molecule is O=C1C[C@H](O)[C@H](Cc2ccccc2)N1C(=O)OCc1ccccc1. The van der Waals surface area contributed by atoms with E-state index in [1.807, 2.05) is 60.7 Å². The van der Waals surface area contributed by atoms with Crippen LogP contribution in [0.5, 0.6) is 0 Å². The van der Waals surface area contributed by atoms with Crippen LogP contribution in [-0.2, 0) is 22.6 Å². The van der Waals surface area contributed by atoms with Crippen LogP contribution in [0.25, 0.3) is 0 Å². The molecular weight excluding hydrogens is 306 g/mol. The molecule has 0 unspecified atom stereocenters. The first-order valence-electron chi connectivity index (χ1n) is 7.90. The number of benzene rings is 2. The first kappa shape index (κ1) is 16.2. The Morgan fingerprint density at radius 1 is 1.04 bits per heavy atom. The van der Waals surface area contributed by atoms with Crippen LogP contribution in [0.15, 0.2) is 60.7 Å². The zero-order valence-corrected chi connectivity index (χ0v) is 13.2. The molecule has 1 aliphatic heterocycles. The number of amides is 2. The average Bonchev–Trinajstić information content (AvgIpc) is 2.88. The second kappa shape index (κ2) is 7.27. The molecule has 2 atom stereocenters. The lowest BCUT2D eigenvalue weighted by Gasteiger charge is -2.24. The van der Waals surface area contributed by atoms with Gasteiger partial charge in [0.15, 0.2) is 0 Å². The van der Waals surface area contributed by atoms with E-state index in [0.717, 1.165) is 16.0 Å². The Morgan fingerprint density at radius 2 is 1.62 bits per heavy atom. The van der Waals surface area contributed by atoms with E-state index in [1.54, 1.807) is 0 Å². The molecule has 5 heteroatoms. The molecule has 1 saturated heterocycles. The Kier molecular flexibility index (Phi) is 4.91. The van der Waals surface area contributed by atoms with Crippen LogP contribution in [0.2, 0.25) is 0 Å². The number of aliphatic hydroxyl groups excluding tert-OH is 1. The van der Waals surface area contributed by atoms with Crippen molar-refractivity contribution in [2.45, 2.75) is 31.6 Å². The molecule has 0 spiro atoms. The summed E-state index contributed by atoms with van der Waals surface area (Å²) in [5, 5.41) is 10.2. The smallest absolute Gasteiger partial charge is 0.417 e. The normalized spacial score (nSPS) is 20.2. The highest BCUT2D eigenvalue weighted by Gasteiger charge is 2.43. The van der Waals surface area contributed by atoms with Crippen LogP contribution in [0, 0.1) is 0 Å². The van der Waals surface area contributed by atoms with Crippen molar-refractivity contribution in [1.29, 1.82) is 0 Å². The van der Waals surface area contributed by atoms with Gasteiger partial charge in [-0.1, -0.05) is 60.7 Å². The Morgan fingerprint density at radius 3 is 2.25 bits per heavy atom. The third-order valence-corrected chi connectivity index (χ3v) is 4.12. The summed E-state index contributed by atoms with van der Waals surface area (Å²) in [5.74, 6) is -0.401. The van der Waals surface area contributed by atoms with E-state index < -0.39 is 24.1 Å². The molecule has 0 radical (unpaired) electrons. The van der Waals surface area contributed by atoms with Crippen molar-refractivity contribution >= 4 is 12.0 Å². The monoisotopic (exact) mass is 325 g/mol. The lowest BCUT2D eigenvalue weighted by Crippen LogP contribution is -2.43. The molecule has 5 nitrogen and oxygen atoms in total. The van der Waals surface area contributed by atoms with Crippen molar-refractivity contribution in [2.24, 2.45) is 0 Å². The Hall–Kier alpha value is -2.66. The largest absolute Gasteiger partial charge is 0.444 e. The molecule has 0 aromatic heterocycles. The zero-order valence-electron chi connectivity index (χ0n) is 13.2. The van der Waals surface area contributed by atoms with E-state index in [2.05, 4.69) is 0 Å². The molecule has 0 bridgehead atoms.